The molecule has 4 nitrogen and oxygen atoms in total. The second kappa shape index (κ2) is 8.76. The fourth-order valence-corrected chi connectivity index (χ4v) is 3.17. The van der Waals surface area contributed by atoms with Crippen molar-refractivity contribution in [3.63, 3.8) is 0 Å². The van der Waals surface area contributed by atoms with Gasteiger partial charge in [0, 0.05) is 5.02 Å². The molecule has 1 atom stereocenters. The highest BCUT2D eigenvalue weighted by molar-refractivity contribution is 6.42. The van der Waals surface area contributed by atoms with Gasteiger partial charge in [-0.05, 0) is 49.6 Å². The minimum atomic E-state index is -1.00. The highest BCUT2D eigenvalue weighted by atomic mass is 35.5. The molecule has 0 saturated heterocycles. The number of carbonyl (C=O) groups excluding carboxylic acids is 2. The summed E-state index contributed by atoms with van der Waals surface area (Å²) in [6, 6.07) is 8.65. The number of aryl methyl sites for hydroxylation is 2. The molecule has 26 heavy (non-hydrogen) atoms. The molecule has 0 aliphatic rings. The van der Waals surface area contributed by atoms with Gasteiger partial charge in [0.05, 0.1) is 22.2 Å². The van der Waals surface area contributed by atoms with E-state index in [0.29, 0.717) is 5.02 Å². The third kappa shape index (κ3) is 5.37. The molecule has 7 heteroatoms. The first-order valence-electron chi connectivity index (χ1n) is 7.88. The first-order valence-corrected chi connectivity index (χ1v) is 9.01. The number of nitrogens with one attached hydrogen (secondary N) is 1. The van der Waals surface area contributed by atoms with Crippen LogP contribution in [0.15, 0.2) is 30.3 Å². The molecular weight excluding hydrogens is 397 g/mol. The maximum atomic E-state index is 12.2. The topological polar surface area (TPSA) is 55.4 Å². The Morgan fingerprint density at radius 3 is 2.23 bits per heavy atom. The molecule has 0 heterocycles. The third-order valence-corrected chi connectivity index (χ3v) is 4.67. The molecule has 0 unspecified atom stereocenters. The second-order valence-electron chi connectivity index (χ2n) is 5.96. The molecule has 2 aromatic rings. The van der Waals surface area contributed by atoms with E-state index in [1.54, 1.807) is 0 Å². The summed E-state index contributed by atoms with van der Waals surface area (Å²) in [5.41, 5.74) is 3.29. The van der Waals surface area contributed by atoms with Crippen LogP contribution in [0.3, 0.4) is 0 Å². The van der Waals surface area contributed by atoms with E-state index >= 15 is 0 Å². The lowest BCUT2D eigenvalue weighted by atomic mass is 10.0. The molecule has 0 aromatic heterocycles. The maximum absolute atomic E-state index is 12.2. The summed E-state index contributed by atoms with van der Waals surface area (Å²) in [5, 5.41) is 3.30. The number of anilines is 1. The number of benzene rings is 2. The van der Waals surface area contributed by atoms with E-state index in [9.17, 15) is 9.59 Å². The van der Waals surface area contributed by atoms with Crippen LogP contribution in [-0.4, -0.2) is 18.0 Å². The Bertz CT molecular complexity index is 829. The Hall–Kier alpha value is -1.75. The SMILES string of the molecule is Cc1ccc(CC(=O)O[C@@H](C)C(=O)Nc2c(Cl)cc(Cl)cc2Cl)cc1C. The van der Waals surface area contributed by atoms with Crippen LogP contribution >= 0.6 is 34.8 Å². The average molecular weight is 415 g/mol. The molecule has 2 aromatic carbocycles. The van der Waals surface area contributed by atoms with Crippen LogP contribution in [0.4, 0.5) is 5.69 Å². The van der Waals surface area contributed by atoms with E-state index in [1.165, 1.54) is 19.1 Å². The highest BCUT2D eigenvalue weighted by Gasteiger charge is 2.20. The lowest BCUT2D eigenvalue weighted by Gasteiger charge is -2.15. The van der Waals surface area contributed by atoms with Crippen molar-refractivity contribution >= 4 is 52.4 Å². The van der Waals surface area contributed by atoms with Gasteiger partial charge in [-0.15, -0.1) is 0 Å². The van der Waals surface area contributed by atoms with Crippen molar-refractivity contribution in [3.8, 4) is 0 Å². The van der Waals surface area contributed by atoms with Crippen molar-refractivity contribution in [3.05, 3.63) is 62.1 Å². The van der Waals surface area contributed by atoms with E-state index in [-0.39, 0.29) is 22.2 Å². The van der Waals surface area contributed by atoms with Crippen molar-refractivity contribution in [1.82, 2.24) is 0 Å². The molecule has 0 fully saturated rings. The van der Waals surface area contributed by atoms with Gasteiger partial charge in [-0.2, -0.15) is 0 Å². The summed E-state index contributed by atoms with van der Waals surface area (Å²) in [6.07, 6.45) is -0.918. The number of hydrogen-bond donors (Lipinski definition) is 1. The van der Waals surface area contributed by atoms with Crippen molar-refractivity contribution in [1.29, 1.82) is 0 Å². The zero-order chi connectivity index (χ0) is 19.4. The van der Waals surface area contributed by atoms with Gasteiger partial charge in [-0.3, -0.25) is 9.59 Å². The van der Waals surface area contributed by atoms with Gasteiger partial charge in [0.1, 0.15) is 0 Å². The molecule has 0 aliphatic carbocycles. The van der Waals surface area contributed by atoms with Crippen molar-refractivity contribution in [2.75, 3.05) is 5.32 Å². The number of esters is 1. The molecule has 0 spiro atoms. The number of rotatable bonds is 5. The largest absolute Gasteiger partial charge is 0.452 e. The minimum Gasteiger partial charge on any atom is -0.452 e. The van der Waals surface area contributed by atoms with Crippen molar-refractivity contribution < 1.29 is 14.3 Å². The fraction of sp³-hybridized carbons (Fsp3) is 0.263. The molecule has 1 N–H and O–H groups in total. The van der Waals surface area contributed by atoms with E-state index in [1.807, 2.05) is 32.0 Å². The summed E-state index contributed by atoms with van der Waals surface area (Å²) < 4.78 is 5.20. The zero-order valence-corrected chi connectivity index (χ0v) is 16.8. The van der Waals surface area contributed by atoms with Crippen molar-refractivity contribution in [2.45, 2.75) is 33.3 Å². The van der Waals surface area contributed by atoms with E-state index in [2.05, 4.69) is 5.32 Å². The normalized spacial score (nSPS) is 11.8. The summed E-state index contributed by atoms with van der Waals surface area (Å²) in [7, 11) is 0. The Kier molecular flexibility index (Phi) is 6.93. The van der Waals surface area contributed by atoms with Gasteiger partial charge in [0.2, 0.25) is 0 Å². The van der Waals surface area contributed by atoms with Gasteiger partial charge in [0.15, 0.2) is 6.10 Å². The Morgan fingerprint density at radius 1 is 1.04 bits per heavy atom. The predicted octanol–water partition coefficient (Wildman–Crippen LogP) is 5.38. The molecule has 0 bridgehead atoms. The molecule has 138 valence electrons. The summed E-state index contributed by atoms with van der Waals surface area (Å²) in [5.74, 6) is -1.03. The van der Waals surface area contributed by atoms with Crippen LogP contribution in [0, 0.1) is 13.8 Å². The van der Waals surface area contributed by atoms with Crippen molar-refractivity contribution in [2.24, 2.45) is 0 Å². The summed E-state index contributed by atoms with van der Waals surface area (Å²) in [4.78, 5) is 24.3. The van der Waals surface area contributed by atoms with E-state index < -0.39 is 18.0 Å². The Labute approximate surface area is 167 Å². The number of ether oxygens (including phenoxy) is 1. The van der Waals surface area contributed by atoms with Crippen LogP contribution in [0.2, 0.25) is 15.1 Å². The van der Waals surface area contributed by atoms with Gasteiger partial charge >= 0.3 is 5.97 Å². The number of carbonyl (C=O) groups is 2. The maximum Gasteiger partial charge on any atom is 0.311 e. The lowest BCUT2D eigenvalue weighted by molar-refractivity contribution is -0.152. The molecule has 1 amide bonds. The number of halogens is 3. The Morgan fingerprint density at radius 2 is 1.65 bits per heavy atom. The second-order valence-corrected chi connectivity index (χ2v) is 7.21. The van der Waals surface area contributed by atoms with Gasteiger partial charge in [0.25, 0.3) is 5.91 Å². The minimum absolute atomic E-state index is 0.0845. The average Bonchev–Trinajstić information content (AvgIpc) is 2.54. The summed E-state index contributed by atoms with van der Waals surface area (Å²) in [6.45, 7) is 5.45. The summed E-state index contributed by atoms with van der Waals surface area (Å²) >= 11 is 17.9. The lowest BCUT2D eigenvalue weighted by Crippen LogP contribution is -2.30. The first-order chi connectivity index (χ1) is 12.2. The van der Waals surface area contributed by atoms with Crippen LogP contribution in [0.25, 0.3) is 0 Å². The molecule has 0 saturated carbocycles. The third-order valence-electron chi connectivity index (χ3n) is 3.85. The van der Waals surface area contributed by atoms with E-state index in [4.69, 9.17) is 39.5 Å². The molecule has 2 rings (SSSR count). The van der Waals surface area contributed by atoms with Crippen LogP contribution in [0.5, 0.6) is 0 Å². The number of amides is 1. The van der Waals surface area contributed by atoms with Crippen LogP contribution < -0.4 is 5.32 Å². The quantitative estimate of drug-likeness (QED) is 0.669. The molecule has 0 radical (unpaired) electrons. The van der Waals surface area contributed by atoms with Gasteiger partial charge < -0.3 is 10.1 Å². The predicted molar refractivity (Wildman–Crippen MR) is 105 cm³/mol. The molecular formula is C19H18Cl3NO3. The smallest absolute Gasteiger partial charge is 0.311 e. The fourth-order valence-electron chi connectivity index (χ4n) is 2.26. The zero-order valence-electron chi connectivity index (χ0n) is 14.5. The van der Waals surface area contributed by atoms with Gasteiger partial charge in [-0.1, -0.05) is 53.0 Å². The first kappa shape index (κ1) is 20.6. The Balaban J connectivity index is 1.98. The number of hydrogen-bond acceptors (Lipinski definition) is 3. The van der Waals surface area contributed by atoms with Crippen LogP contribution in [0.1, 0.15) is 23.6 Å². The van der Waals surface area contributed by atoms with E-state index in [0.717, 1.165) is 16.7 Å². The monoisotopic (exact) mass is 413 g/mol. The van der Waals surface area contributed by atoms with Gasteiger partial charge in [-0.25, -0.2) is 0 Å². The molecule has 0 aliphatic heterocycles. The standard InChI is InChI=1S/C19H18Cl3NO3/c1-10-4-5-13(6-11(10)2)7-17(24)26-12(3)19(25)23-18-15(21)8-14(20)9-16(18)22/h4-6,8-9,12H,7H2,1-3H3,(H,23,25)/t12-/m0/s1. The van der Waals surface area contributed by atoms with Crippen LogP contribution in [-0.2, 0) is 20.7 Å². The highest BCUT2D eigenvalue weighted by Crippen LogP contribution is 2.33.